The van der Waals surface area contributed by atoms with Crippen molar-refractivity contribution in [2.45, 2.75) is 27.7 Å². The lowest BCUT2D eigenvalue weighted by Crippen LogP contribution is -1.97. The fourth-order valence-electron chi connectivity index (χ4n) is 2.10. The molecule has 2 rings (SSSR count). The maximum Gasteiger partial charge on any atom is 0.0684 e. The first-order chi connectivity index (χ1) is 7.50. The Morgan fingerprint density at radius 2 is 1.69 bits per heavy atom. The molecule has 1 aromatic carbocycles. The van der Waals surface area contributed by atoms with Crippen molar-refractivity contribution in [3.8, 4) is 11.3 Å². The summed E-state index contributed by atoms with van der Waals surface area (Å²) in [4.78, 5) is 0. The summed E-state index contributed by atoms with van der Waals surface area (Å²) in [7, 11) is 2.00. The molecule has 2 aromatic rings. The Labute approximate surface area is 96.9 Å². The van der Waals surface area contributed by atoms with Gasteiger partial charge in [-0.25, -0.2) is 0 Å². The number of benzene rings is 1. The van der Waals surface area contributed by atoms with Crippen LogP contribution in [-0.4, -0.2) is 9.78 Å². The molecular formula is C14H18N2. The predicted molar refractivity (Wildman–Crippen MR) is 67.6 cm³/mol. The number of hydrogen-bond acceptors (Lipinski definition) is 1. The van der Waals surface area contributed by atoms with Crippen molar-refractivity contribution in [3.05, 3.63) is 40.6 Å². The topological polar surface area (TPSA) is 17.8 Å². The molecule has 0 aliphatic heterocycles. The third-order valence-electron chi connectivity index (χ3n) is 3.34. The Morgan fingerprint density at radius 1 is 1.00 bits per heavy atom. The van der Waals surface area contributed by atoms with Gasteiger partial charge in [-0.1, -0.05) is 12.1 Å². The Kier molecular flexibility index (Phi) is 2.58. The van der Waals surface area contributed by atoms with Crippen molar-refractivity contribution in [3.63, 3.8) is 0 Å². The summed E-state index contributed by atoms with van der Waals surface area (Å²) in [6.07, 6.45) is 0. The van der Waals surface area contributed by atoms with Crippen LogP contribution in [0.25, 0.3) is 11.3 Å². The first-order valence-corrected chi connectivity index (χ1v) is 5.58. The zero-order valence-corrected chi connectivity index (χ0v) is 10.6. The molecule has 0 unspecified atom stereocenters. The molecule has 0 spiro atoms. The van der Waals surface area contributed by atoms with E-state index in [2.05, 4.69) is 44.1 Å². The molecule has 2 nitrogen and oxygen atoms in total. The van der Waals surface area contributed by atoms with Crippen molar-refractivity contribution < 1.29 is 0 Å². The zero-order chi connectivity index (χ0) is 11.9. The van der Waals surface area contributed by atoms with Crippen LogP contribution in [0.5, 0.6) is 0 Å². The molecule has 0 aliphatic carbocycles. The van der Waals surface area contributed by atoms with Gasteiger partial charge in [0.2, 0.25) is 0 Å². The van der Waals surface area contributed by atoms with Crippen LogP contribution in [0.4, 0.5) is 0 Å². The smallest absolute Gasteiger partial charge is 0.0684 e. The van der Waals surface area contributed by atoms with E-state index in [1.165, 1.54) is 27.9 Å². The molecule has 0 atom stereocenters. The van der Waals surface area contributed by atoms with E-state index in [0.717, 1.165) is 5.69 Å². The van der Waals surface area contributed by atoms with Gasteiger partial charge < -0.3 is 0 Å². The van der Waals surface area contributed by atoms with Gasteiger partial charge in [-0.3, -0.25) is 4.68 Å². The van der Waals surface area contributed by atoms with Crippen LogP contribution < -0.4 is 0 Å². The lowest BCUT2D eigenvalue weighted by molar-refractivity contribution is 0.763. The molecule has 16 heavy (non-hydrogen) atoms. The van der Waals surface area contributed by atoms with Crippen LogP contribution >= 0.6 is 0 Å². The molecule has 0 amide bonds. The molecule has 84 valence electrons. The minimum Gasteiger partial charge on any atom is -0.268 e. The molecule has 2 heteroatoms. The summed E-state index contributed by atoms with van der Waals surface area (Å²) in [5.74, 6) is 0. The van der Waals surface area contributed by atoms with Gasteiger partial charge in [0.05, 0.1) is 11.4 Å². The average molecular weight is 214 g/mol. The minimum absolute atomic E-state index is 1.06. The largest absolute Gasteiger partial charge is 0.268 e. The highest BCUT2D eigenvalue weighted by Gasteiger charge is 2.10. The summed E-state index contributed by atoms with van der Waals surface area (Å²) in [6, 6.07) is 6.51. The van der Waals surface area contributed by atoms with Crippen LogP contribution in [0, 0.1) is 27.7 Å². The molecule has 0 bridgehead atoms. The fourth-order valence-corrected chi connectivity index (χ4v) is 2.10. The predicted octanol–water partition coefficient (Wildman–Crippen LogP) is 3.32. The maximum absolute atomic E-state index is 4.40. The molecule has 0 saturated heterocycles. The van der Waals surface area contributed by atoms with E-state index < -0.39 is 0 Å². The average Bonchev–Trinajstić information content (AvgIpc) is 2.55. The second-order valence-corrected chi connectivity index (χ2v) is 4.47. The molecule has 0 radical (unpaired) electrons. The lowest BCUT2D eigenvalue weighted by atomic mass is 9.97. The summed E-state index contributed by atoms with van der Waals surface area (Å²) < 4.78 is 1.95. The molecule has 0 aliphatic rings. The zero-order valence-electron chi connectivity index (χ0n) is 10.6. The van der Waals surface area contributed by atoms with Crippen molar-refractivity contribution in [1.82, 2.24) is 9.78 Å². The number of aromatic nitrogens is 2. The number of aryl methyl sites for hydroxylation is 3. The van der Waals surface area contributed by atoms with Crippen molar-refractivity contribution in [2.24, 2.45) is 7.05 Å². The summed E-state index contributed by atoms with van der Waals surface area (Å²) in [6.45, 7) is 8.54. The molecule has 1 heterocycles. The quantitative estimate of drug-likeness (QED) is 0.712. The van der Waals surface area contributed by atoms with Gasteiger partial charge in [0.25, 0.3) is 0 Å². The van der Waals surface area contributed by atoms with E-state index >= 15 is 0 Å². The third-order valence-corrected chi connectivity index (χ3v) is 3.34. The molecule has 0 fully saturated rings. The highest BCUT2D eigenvalue weighted by atomic mass is 15.3. The van der Waals surface area contributed by atoms with E-state index in [0.29, 0.717) is 0 Å². The second kappa shape index (κ2) is 3.78. The third kappa shape index (κ3) is 1.64. The first kappa shape index (κ1) is 10.9. The van der Waals surface area contributed by atoms with Gasteiger partial charge in [0.15, 0.2) is 0 Å². The summed E-state index contributed by atoms with van der Waals surface area (Å²) >= 11 is 0. The van der Waals surface area contributed by atoms with Gasteiger partial charge in [-0.15, -0.1) is 0 Å². The normalized spacial score (nSPS) is 10.8. The van der Waals surface area contributed by atoms with Crippen LogP contribution in [0.2, 0.25) is 0 Å². The van der Waals surface area contributed by atoms with Crippen LogP contribution in [0.1, 0.15) is 22.4 Å². The van der Waals surface area contributed by atoms with E-state index in [1.54, 1.807) is 0 Å². The summed E-state index contributed by atoms with van der Waals surface area (Å²) in [5, 5.41) is 4.40. The van der Waals surface area contributed by atoms with Gasteiger partial charge in [0.1, 0.15) is 0 Å². The molecular weight excluding hydrogens is 196 g/mol. The van der Waals surface area contributed by atoms with E-state index in [1.807, 2.05) is 18.7 Å². The van der Waals surface area contributed by atoms with Crippen molar-refractivity contribution in [1.29, 1.82) is 0 Å². The highest BCUT2D eigenvalue weighted by molar-refractivity contribution is 5.66. The molecule has 0 N–H and O–H groups in total. The molecule has 0 saturated carbocycles. The van der Waals surface area contributed by atoms with Crippen molar-refractivity contribution >= 4 is 0 Å². The Bertz CT molecular complexity index is 536. The summed E-state index contributed by atoms with van der Waals surface area (Å²) in [5.41, 5.74) is 7.61. The number of nitrogens with zero attached hydrogens (tertiary/aromatic N) is 2. The van der Waals surface area contributed by atoms with E-state index in [-0.39, 0.29) is 0 Å². The van der Waals surface area contributed by atoms with E-state index in [9.17, 15) is 0 Å². The number of rotatable bonds is 1. The monoisotopic (exact) mass is 214 g/mol. The fraction of sp³-hybridized carbons (Fsp3) is 0.357. The first-order valence-electron chi connectivity index (χ1n) is 5.58. The lowest BCUT2D eigenvalue weighted by Gasteiger charge is -2.11. The number of hydrogen-bond donors (Lipinski definition) is 0. The van der Waals surface area contributed by atoms with Crippen molar-refractivity contribution in [2.75, 3.05) is 0 Å². The van der Waals surface area contributed by atoms with Gasteiger partial charge >= 0.3 is 0 Å². The van der Waals surface area contributed by atoms with Gasteiger partial charge in [0, 0.05) is 12.6 Å². The SMILES string of the molecule is Cc1cc(-c2ccc(C)c(C)c2C)n(C)n1. The van der Waals surface area contributed by atoms with Crippen LogP contribution in [0.15, 0.2) is 18.2 Å². The standard InChI is InChI=1S/C14H18N2/c1-9-6-7-13(12(4)11(9)3)14-8-10(2)15-16(14)5/h6-8H,1-5H3. The van der Waals surface area contributed by atoms with Gasteiger partial charge in [-0.05, 0) is 50.5 Å². The second-order valence-electron chi connectivity index (χ2n) is 4.47. The maximum atomic E-state index is 4.40. The Balaban J connectivity index is 2.65. The van der Waals surface area contributed by atoms with Crippen LogP contribution in [-0.2, 0) is 7.05 Å². The van der Waals surface area contributed by atoms with Gasteiger partial charge in [-0.2, -0.15) is 5.10 Å². The Morgan fingerprint density at radius 3 is 2.25 bits per heavy atom. The molecule has 1 aromatic heterocycles. The van der Waals surface area contributed by atoms with Crippen LogP contribution in [0.3, 0.4) is 0 Å². The van der Waals surface area contributed by atoms with E-state index in [4.69, 9.17) is 0 Å². The Hall–Kier alpha value is -1.57. The minimum atomic E-state index is 1.06. The highest BCUT2D eigenvalue weighted by Crippen LogP contribution is 2.27.